The van der Waals surface area contributed by atoms with Crippen molar-refractivity contribution >= 4 is 5.97 Å². The van der Waals surface area contributed by atoms with Crippen molar-refractivity contribution in [2.45, 2.75) is 6.92 Å². The first-order chi connectivity index (χ1) is 3.18. The fraction of sp³-hybridized carbons (Fsp3) is 0.250. The van der Waals surface area contributed by atoms with Crippen molar-refractivity contribution < 1.29 is 9.90 Å². The number of carbonyl (C=O) groups is 1. The van der Waals surface area contributed by atoms with Crippen LogP contribution in [0.1, 0.15) is 6.92 Å². The molecule has 0 aromatic rings. The van der Waals surface area contributed by atoms with Crippen molar-refractivity contribution in [3.63, 3.8) is 0 Å². The van der Waals surface area contributed by atoms with Crippen molar-refractivity contribution in [1.82, 2.24) is 0 Å². The van der Waals surface area contributed by atoms with E-state index in [1.54, 1.807) is 6.92 Å². The second kappa shape index (κ2) is 1.60. The van der Waals surface area contributed by atoms with Crippen LogP contribution in [0.5, 0.6) is 0 Å². The second-order valence-electron chi connectivity index (χ2n) is 1.21. The minimum atomic E-state index is -0.254. The molecule has 0 N–H and O–H groups in total. The summed E-state index contributed by atoms with van der Waals surface area (Å²) in [6.07, 6.45) is 0. The first-order valence-electron chi connectivity index (χ1n) is 1.80. The molecular formula is C4H5O2Rf. The SMILES string of the molecule is C=C(C)C(=O)[O][Rf]. The van der Waals surface area contributed by atoms with E-state index < -0.39 is 0 Å². The summed E-state index contributed by atoms with van der Waals surface area (Å²) in [7, 11) is 0. The molecule has 0 bridgehead atoms. The van der Waals surface area contributed by atoms with Gasteiger partial charge in [-0.05, 0) is 0 Å². The molecule has 0 aromatic heterocycles. The van der Waals surface area contributed by atoms with Crippen molar-refractivity contribution in [3.05, 3.63) is 12.2 Å². The number of hydrogen-bond acceptors (Lipinski definition) is 2. The molecule has 0 saturated carbocycles. The van der Waals surface area contributed by atoms with Crippen LogP contribution < -0.4 is 0 Å². The molecule has 0 atom stereocenters. The summed E-state index contributed by atoms with van der Waals surface area (Å²) in [6.45, 7) is 5.02. The van der Waals surface area contributed by atoms with Gasteiger partial charge in [-0.25, -0.2) is 0 Å². The minimum absolute atomic E-state index is 0.0200. The summed E-state index contributed by atoms with van der Waals surface area (Å²) < 4.78 is 0.0200. The third-order valence-corrected chi connectivity index (χ3v) is 1.67. The molecule has 0 aliphatic carbocycles. The molecule has 0 spiro atoms. The van der Waals surface area contributed by atoms with E-state index >= 15 is 0 Å². The molecule has 0 saturated heterocycles. The zero-order chi connectivity index (χ0) is 5.86. The maximum absolute atomic E-state index is 10.2. The van der Waals surface area contributed by atoms with E-state index in [9.17, 15) is 4.79 Å². The molecule has 0 fully saturated rings. The van der Waals surface area contributed by atoms with Gasteiger partial charge < -0.3 is 0 Å². The Morgan fingerprint density at radius 1 is 1.86 bits per heavy atom. The van der Waals surface area contributed by atoms with Crippen LogP contribution >= 0.6 is 0 Å². The summed E-state index contributed by atoms with van der Waals surface area (Å²) in [5.41, 5.74) is 0.485. The van der Waals surface area contributed by atoms with E-state index in [-0.39, 0.29) is 5.97 Å². The van der Waals surface area contributed by atoms with E-state index in [1.807, 2.05) is 0 Å². The van der Waals surface area contributed by atoms with Crippen LogP contribution in [0, 0.1) is 0 Å². The van der Waals surface area contributed by atoms with Crippen molar-refractivity contribution in [2.75, 3.05) is 0 Å². The second-order valence-corrected chi connectivity index (χ2v) is 2.52. The predicted molar refractivity (Wildman–Crippen MR) is 20.9 cm³/mol. The third kappa shape index (κ3) is 1.16. The Kier molecular flexibility index (Phi) is 1.19. The third-order valence-electron chi connectivity index (χ3n) is 0.480. The number of carbonyl (C=O) groups excluding carboxylic acids is 1. The number of rotatable bonds is 1. The Balaban J connectivity index is 3.58. The molecule has 0 rings (SSSR count). The molecule has 0 aliphatic heterocycles. The molecule has 0 aliphatic rings. The van der Waals surface area contributed by atoms with Gasteiger partial charge in [-0.2, -0.15) is 0 Å². The van der Waals surface area contributed by atoms with Crippen LogP contribution in [0.15, 0.2) is 12.2 Å². The summed E-state index contributed by atoms with van der Waals surface area (Å²) in [5.74, 6) is -0.254. The topological polar surface area (TPSA) is 26.3 Å². The fourth-order valence-electron chi connectivity index (χ4n) is 0.123. The summed E-state index contributed by atoms with van der Waals surface area (Å²) in [4.78, 5) is 10.2. The molecule has 35 valence electrons. The van der Waals surface area contributed by atoms with E-state index in [0.29, 0.717) is 5.57 Å². The molecule has 0 aromatic carbocycles. The van der Waals surface area contributed by atoms with Gasteiger partial charge in [-0.3, -0.25) is 0 Å². The van der Waals surface area contributed by atoms with Gasteiger partial charge in [-0.1, -0.05) is 0 Å². The van der Waals surface area contributed by atoms with Crippen LogP contribution in [0.2, 0.25) is 0 Å². The van der Waals surface area contributed by atoms with Crippen molar-refractivity contribution in [3.8, 4) is 0 Å². The average molecular weight is 352 g/mol. The Labute approximate surface area is 36.1 Å². The Bertz CT molecular complexity index is 97.9. The van der Waals surface area contributed by atoms with Crippen LogP contribution in [-0.2, 0) is 9.90 Å². The summed E-state index contributed by atoms with van der Waals surface area (Å²) >= 11 is 0. The van der Waals surface area contributed by atoms with Gasteiger partial charge in [0.25, 0.3) is 0 Å². The van der Waals surface area contributed by atoms with Crippen LogP contribution in [0.25, 0.3) is 0 Å². The van der Waals surface area contributed by atoms with E-state index in [1.165, 1.54) is 0 Å². The zero-order valence-electron chi connectivity index (χ0n) is 4.23. The van der Waals surface area contributed by atoms with Gasteiger partial charge >= 0.3 is 34.9 Å². The molecule has 0 unspecified atom stereocenters. The van der Waals surface area contributed by atoms with Crippen LogP contribution in [-0.4, -0.2) is 5.97 Å². The molecule has 7 heavy (non-hydrogen) atoms. The zero-order valence-corrected chi connectivity index (χ0v) is 10.6. The normalized spacial score (nSPS) is 7.86. The van der Waals surface area contributed by atoms with Crippen LogP contribution in [0.4, 0.5) is 0 Å². The van der Waals surface area contributed by atoms with E-state index in [0.717, 1.165) is 0 Å². The van der Waals surface area contributed by atoms with Gasteiger partial charge in [-0.15, -0.1) is 0 Å². The molecule has 0 radical (unpaired) electrons. The first kappa shape index (κ1) is 5.21. The van der Waals surface area contributed by atoms with E-state index in [4.69, 9.17) is 0 Å². The molecule has 0 heterocycles. The molecule has 2 nitrogen and oxygen atoms in total. The molecule has 0 amide bonds. The molecule has 3 heteroatoms. The summed E-state index contributed by atoms with van der Waals surface area (Å²) in [6, 6.07) is 0. The average Bonchev–Trinajstić information content (AvgIpc) is 1.65. The predicted octanol–water partition coefficient (Wildman–Crippen LogP) is 0.570. The molecular weight excluding hydrogens is 347 g/mol. The van der Waals surface area contributed by atoms with Crippen molar-refractivity contribution in [1.29, 1.82) is 0 Å². The standard InChI is InChI=1S/C4H6O2.Rf/c1-3(2)4(5)6;/h1H2,2H3,(H,5,6);/q;+1/p-1. The quantitative estimate of drug-likeness (QED) is 0.646. The van der Waals surface area contributed by atoms with Gasteiger partial charge in [0.15, 0.2) is 0 Å². The van der Waals surface area contributed by atoms with Gasteiger partial charge in [0.1, 0.15) is 0 Å². The van der Waals surface area contributed by atoms with Gasteiger partial charge in [0.05, 0.1) is 0 Å². The number of hydrogen-bond donors (Lipinski definition) is 0. The monoisotopic (exact) mass is 352 g/mol. The van der Waals surface area contributed by atoms with Crippen LogP contribution in [0.3, 0.4) is 0 Å². The first-order valence-corrected chi connectivity index (χ1v) is 4.41. The Morgan fingerprint density at radius 2 is 2.29 bits per heavy atom. The van der Waals surface area contributed by atoms with E-state index in [2.05, 4.69) is 11.7 Å². The summed E-state index contributed by atoms with van der Waals surface area (Å²) in [5, 5.41) is 4.48. The van der Waals surface area contributed by atoms with Crippen molar-refractivity contribution in [2.24, 2.45) is 0 Å². The Morgan fingerprint density at radius 3 is 2.29 bits per heavy atom. The maximum atomic E-state index is 10.2. The van der Waals surface area contributed by atoms with Gasteiger partial charge in [0, 0.05) is 0 Å². The fourth-order valence-corrected chi connectivity index (χ4v) is 1.24. The van der Waals surface area contributed by atoms with Gasteiger partial charge in [0.2, 0.25) is 0 Å². The Hall–Kier alpha value is -1.79.